The topological polar surface area (TPSA) is 35.8 Å². The highest BCUT2D eigenvalue weighted by molar-refractivity contribution is 5.12. The lowest BCUT2D eigenvalue weighted by atomic mass is 9.90. The summed E-state index contributed by atoms with van der Waals surface area (Å²) in [5.74, 6) is 0.774. The Hall–Kier alpha value is -0.550. The van der Waals surface area contributed by atoms with E-state index >= 15 is 0 Å². The van der Waals surface area contributed by atoms with Gasteiger partial charge in [0.05, 0.1) is 6.07 Å². The Morgan fingerprint density at radius 1 is 1.25 bits per heavy atom. The summed E-state index contributed by atoms with van der Waals surface area (Å²) in [6, 6.07) is 3.19. The average Bonchev–Trinajstić information content (AvgIpc) is 2.75. The van der Waals surface area contributed by atoms with Gasteiger partial charge in [-0.3, -0.25) is 5.32 Å². The van der Waals surface area contributed by atoms with E-state index in [0.717, 1.165) is 18.8 Å². The molecule has 0 aromatic rings. The van der Waals surface area contributed by atoms with Crippen LogP contribution < -0.4 is 5.32 Å². The first-order valence-corrected chi connectivity index (χ1v) is 6.97. The van der Waals surface area contributed by atoms with E-state index in [1.54, 1.807) is 0 Å². The molecule has 0 aromatic heterocycles. The van der Waals surface area contributed by atoms with E-state index in [-0.39, 0.29) is 5.54 Å². The molecule has 90 valence electrons. The first kappa shape index (κ1) is 11.9. The highest BCUT2D eigenvalue weighted by Gasteiger charge is 2.40. The van der Waals surface area contributed by atoms with Crippen LogP contribution in [-0.2, 0) is 0 Å². The number of hydrogen-bond donors (Lipinski definition) is 1. The van der Waals surface area contributed by atoms with Crippen LogP contribution in [0.5, 0.6) is 0 Å². The smallest absolute Gasteiger partial charge is 0.107 e. The normalized spacial score (nSPS) is 36.1. The molecule has 0 heterocycles. The van der Waals surface area contributed by atoms with Crippen LogP contribution in [0.4, 0.5) is 0 Å². The molecule has 0 aromatic carbocycles. The van der Waals surface area contributed by atoms with Gasteiger partial charge in [-0.2, -0.15) is 5.26 Å². The molecule has 2 aliphatic rings. The molecule has 0 aliphatic heterocycles. The molecule has 0 bridgehead atoms. The molecular formula is C14H24N2. The SMILES string of the molecule is CCC1CCC(C#N)(NC2CCCCC2)C1. The summed E-state index contributed by atoms with van der Waals surface area (Å²) in [6.07, 6.45) is 11.2. The molecule has 2 rings (SSSR count). The molecule has 0 radical (unpaired) electrons. The maximum Gasteiger partial charge on any atom is 0.107 e. The van der Waals surface area contributed by atoms with E-state index in [9.17, 15) is 5.26 Å². The van der Waals surface area contributed by atoms with Crippen LogP contribution in [0.3, 0.4) is 0 Å². The number of nitriles is 1. The van der Waals surface area contributed by atoms with Gasteiger partial charge in [0.1, 0.15) is 5.54 Å². The summed E-state index contributed by atoms with van der Waals surface area (Å²) in [7, 11) is 0. The van der Waals surface area contributed by atoms with E-state index in [1.165, 1.54) is 44.9 Å². The van der Waals surface area contributed by atoms with Crippen LogP contribution >= 0.6 is 0 Å². The van der Waals surface area contributed by atoms with Crippen LogP contribution in [0.25, 0.3) is 0 Å². The van der Waals surface area contributed by atoms with Gasteiger partial charge in [-0.15, -0.1) is 0 Å². The second-order valence-electron chi connectivity index (χ2n) is 5.69. The lowest BCUT2D eigenvalue weighted by Gasteiger charge is -2.31. The maximum absolute atomic E-state index is 9.45. The fraction of sp³-hybridized carbons (Fsp3) is 0.929. The van der Waals surface area contributed by atoms with E-state index in [4.69, 9.17) is 0 Å². The van der Waals surface area contributed by atoms with Crippen LogP contribution in [0, 0.1) is 17.2 Å². The molecular weight excluding hydrogens is 196 g/mol. The van der Waals surface area contributed by atoms with Gasteiger partial charge in [-0.05, 0) is 38.0 Å². The zero-order valence-electron chi connectivity index (χ0n) is 10.5. The van der Waals surface area contributed by atoms with Crippen molar-refractivity contribution in [2.45, 2.75) is 76.3 Å². The molecule has 2 heteroatoms. The summed E-state index contributed by atoms with van der Waals surface area (Å²) in [5, 5.41) is 13.1. The van der Waals surface area contributed by atoms with Crippen LogP contribution in [0.2, 0.25) is 0 Å². The van der Waals surface area contributed by atoms with E-state index < -0.39 is 0 Å². The molecule has 2 unspecified atom stereocenters. The molecule has 1 N–H and O–H groups in total. The van der Waals surface area contributed by atoms with Crippen molar-refractivity contribution in [2.24, 2.45) is 5.92 Å². The lowest BCUT2D eigenvalue weighted by molar-refractivity contribution is 0.290. The predicted molar refractivity (Wildman–Crippen MR) is 66.0 cm³/mol. The summed E-state index contributed by atoms with van der Waals surface area (Å²) in [5.41, 5.74) is -0.178. The molecule has 0 saturated heterocycles. The van der Waals surface area contributed by atoms with Gasteiger partial charge in [-0.1, -0.05) is 32.6 Å². The standard InChI is InChI=1S/C14H24N2/c1-2-12-8-9-14(10-12,11-15)16-13-6-4-3-5-7-13/h12-13,16H,2-10H2,1H3. The van der Waals surface area contributed by atoms with Crippen LogP contribution in [0.15, 0.2) is 0 Å². The van der Waals surface area contributed by atoms with Gasteiger partial charge in [0, 0.05) is 6.04 Å². The monoisotopic (exact) mass is 220 g/mol. The average molecular weight is 220 g/mol. The van der Waals surface area contributed by atoms with Crippen molar-refractivity contribution < 1.29 is 0 Å². The van der Waals surface area contributed by atoms with Gasteiger partial charge in [-0.25, -0.2) is 0 Å². The summed E-state index contributed by atoms with van der Waals surface area (Å²) in [4.78, 5) is 0. The van der Waals surface area contributed by atoms with Gasteiger partial charge in [0.2, 0.25) is 0 Å². The summed E-state index contributed by atoms with van der Waals surface area (Å²) < 4.78 is 0. The van der Waals surface area contributed by atoms with Crippen molar-refractivity contribution in [3.8, 4) is 6.07 Å². The zero-order valence-corrected chi connectivity index (χ0v) is 10.5. The molecule has 2 nitrogen and oxygen atoms in total. The molecule has 2 atom stereocenters. The third kappa shape index (κ3) is 2.58. The highest BCUT2D eigenvalue weighted by atomic mass is 15.0. The number of rotatable bonds is 3. The first-order valence-electron chi connectivity index (χ1n) is 6.97. The minimum atomic E-state index is -0.178. The summed E-state index contributed by atoms with van der Waals surface area (Å²) in [6.45, 7) is 2.25. The Morgan fingerprint density at radius 2 is 2.00 bits per heavy atom. The van der Waals surface area contributed by atoms with E-state index in [2.05, 4.69) is 18.3 Å². The molecule has 0 amide bonds. The van der Waals surface area contributed by atoms with Crippen molar-refractivity contribution in [3.05, 3.63) is 0 Å². The predicted octanol–water partition coefficient (Wildman–Crippen LogP) is 3.38. The van der Waals surface area contributed by atoms with Crippen molar-refractivity contribution >= 4 is 0 Å². The van der Waals surface area contributed by atoms with Crippen molar-refractivity contribution in [1.82, 2.24) is 5.32 Å². The number of nitrogens with one attached hydrogen (secondary N) is 1. The maximum atomic E-state index is 9.45. The molecule has 0 spiro atoms. The minimum Gasteiger partial charge on any atom is -0.297 e. The molecule has 2 saturated carbocycles. The largest absolute Gasteiger partial charge is 0.297 e. The van der Waals surface area contributed by atoms with E-state index in [1.807, 2.05) is 0 Å². The lowest BCUT2D eigenvalue weighted by Crippen LogP contribution is -2.48. The Balaban J connectivity index is 1.92. The second kappa shape index (κ2) is 5.19. The number of nitrogens with zero attached hydrogens (tertiary/aromatic N) is 1. The first-order chi connectivity index (χ1) is 7.78. The molecule has 16 heavy (non-hydrogen) atoms. The highest BCUT2D eigenvalue weighted by Crippen LogP contribution is 2.37. The van der Waals surface area contributed by atoms with Crippen molar-refractivity contribution in [1.29, 1.82) is 5.26 Å². The molecule has 2 fully saturated rings. The van der Waals surface area contributed by atoms with Gasteiger partial charge >= 0.3 is 0 Å². The second-order valence-corrected chi connectivity index (χ2v) is 5.69. The Bertz CT molecular complexity index is 262. The Labute approximate surface area is 99.4 Å². The third-order valence-corrected chi connectivity index (χ3v) is 4.49. The third-order valence-electron chi connectivity index (χ3n) is 4.49. The van der Waals surface area contributed by atoms with Gasteiger partial charge in [0.15, 0.2) is 0 Å². The summed E-state index contributed by atoms with van der Waals surface area (Å²) >= 11 is 0. The number of hydrogen-bond acceptors (Lipinski definition) is 2. The van der Waals surface area contributed by atoms with Gasteiger partial charge in [0.25, 0.3) is 0 Å². The minimum absolute atomic E-state index is 0.178. The van der Waals surface area contributed by atoms with Crippen LogP contribution in [-0.4, -0.2) is 11.6 Å². The van der Waals surface area contributed by atoms with Crippen LogP contribution in [0.1, 0.15) is 64.7 Å². The van der Waals surface area contributed by atoms with Crippen molar-refractivity contribution in [3.63, 3.8) is 0 Å². The fourth-order valence-electron chi connectivity index (χ4n) is 3.40. The zero-order chi connectivity index (χ0) is 11.4. The Kier molecular flexibility index (Phi) is 3.86. The van der Waals surface area contributed by atoms with Crippen molar-refractivity contribution in [2.75, 3.05) is 0 Å². The molecule has 2 aliphatic carbocycles. The fourth-order valence-corrected chi connectivity index (χ4v) is 3.40. The quantitative estimate of drug-likeness (QED) is 0.791. The van der Waals surface area contributed by atoms with E-state index in [0.29, 0.717) is 6.04 Å². The Morgan fingerprint density at radius 3 is 2.56 bits per heavy atom. The van der Waals surface area contributed by atoms with Gasteiger partial charge < -0.3 is 0 Å².